The second-order valence-corrected chi connectivity index (χ2v) is 10.00. The summed E-state index contributed by atoms with van der Waals surface area (Å²) in [4.78, 5) is 11.7. The van der Waals surface area contributed by atoms with Crippen molar-refractivity contribution in [2.45, 2.75) is 18.9 Å². The molecule has 0 aliphatic heterocycles. The topological polar surface area (TPSA) is 158 Å². The van der Waals surface area contributed by atoms with E-state index in [1.54, 1.807) is 47.4 Å². The first-order chi connectivity index (χ1) is 19.3. The zero-order valence-electron chi connectivity index (χ0n) is 20.7. The van der Waals surface area contributed by atoms with Gasteiger partial charge in [0.2, 0.25) is 11.6 Å². The number of tetrazole rings is 1. The maximum absolute atomic E-state index is 15.3. The van der Waals surface area contributed by atoms with Crippen LogP contribution in [-0.2, 0) is 4.79 Å². The number of carbonyl (C=O) groups excluding carboxylic acids is 1. The molecule has 1 unspecified atom stereocenters. The van der Waals surface area contributed by atoms with E-state index in [9.17, 15) is 15.2 Å². The summed E-state index contributed by atoms with van der Waals surface area (Å²) in [6.07, 6.45) is 9.82. The first-order valence-corrected chi connectivity index (χ1v) is 12.7. The van der Waals surface area contributed by atoms with Gasteiger partial charge in [-0.1, -0.05) is 11.6 Å². The fourth-order valence-corrected chi connectivity index (χ4v) is 5.10. The Hall–Kier alpha value is -4.91. The highest BCUT2D eigenvalue weighted by molar-refractivity contribution is 6.31. The molecule has 3 atom stereocenters. The molecule has 1 fully saturated rings. The van der Waals surface area contributed by atoms with E-state index in [1.165, 1.54) is 35.7 Å². The van der Waals surface area contributed by atoms with E-state index in [4.69, 9.17) is 17.3 Å². The summed E-state index contributed by atoms with van der Waals surface area (Å²) in [5, 5.41) is 40.4. The van der Waals surface area contributed by atoms with E-state index in [0.29, 0.717) is 33.7 Å². The molecule has 1 amide bonds. The van der Waals surface area contributed by atoms with Crippen LogP contribution >= 0.6 is 11.6 Å². The summed E-state index contributed by atoms with van der Waals surface area (Å²) in [6.45, 7) is 0. The Morgan fingerprint density at radius 3 is 2.62 bits per heavy atom. The van der Waals surface area contributed by atoms with Gasteiger partial charge < -0.3 is 16.1 Å². The van der Waals surface area contributed by atoms with Crippen LogP contribution in [-0.4, -0.2) is 35.9 Å². The van der Waals surface area contributed by atoms with E-state index in [1.807, 2.05) is 0 Å². The number of hydrogen-bond acceptors (Lipinski definition) is 7. The Labute approximate surface area is 231 Å². The first-order valence-electron chi connectivity index (χ1n) is 12.3. The lowest BCUT2D eigenvalue weighted by Crippen LogP contribution is -2.36. The van der Waals surface area contributed by atoms with Gasteiger partial charge in [0.15, 0.2) is 24.4 Å². The van der Waals surface area contributed by atoms with E-state index < -0.39 is 11.9 Å². The molecule has 202 valence electrons. The van der Waals surface area contributed by atoms with Crippen molar-refractivity contribution < 1.29 is 18.6 Å². The number of hydrogen-bond donors (Lipinski definition) is 1. The Bertz CT molecular complexity index is 1710. The monoisotopic (exact) mass is 561 g/mol. The molecule has 1 aromatic carbocycles. The summed E-state index contributed by atoms with van der Waals surface area (Å²) < 4.78 is 19.6. The molecule has 1 saturated carbocycles. The first kappa shape index (κ1) is 25.4. The Morgan fingerprint density at radius 2 is 1.95 bits per heavy atom. The summed E-state index contributed by atoms with van der Waals surface area (Å²) in [7, 11) is 0. The minimum Gasteiger partial charge on any atom is -0.619 e. The molecule has 6 rings (SSSR count). The van der Waals surface area contributed by atoms with E-state index >= 15 is 4.39 Å². The molecule has 12 nitrogen and oxygen atoms in total. The third kappa shape index (κ3) is 4.71. The number of primary amides is 1. The highest BCUT2D eigenvalue weighted by Gasteiger charge is 2.44. The highest BCUT2D eigenvalue weighted by atomic mass is 35.5. The maximum Gasteiger partial charge on any atom is 0.220 e. The fraction of sp³-hybridized carbons (Fsp3) is 0.192. The van der Waals surface area contributed by atoms with Crippen molar-refractivity contribution in [1.29, 1.82) is 0 Å². The zero-order valence-corrected chi connectivity index (χ0v) is 21.5. The molecule has 1 aliphatic rings. The Balaban J connectivity index is 1.40. The van der Waals surface area contributed by atoms with Crippen LogP contribution in [0.2, 0.25) is 5.02 Å². The van der Waals surface area contributed by atoms with Crippen molar-refractivity contribution in [3.63, 3.8) is 0 Å². The second-order valence-electron chi connectivity index (χ2n) is 9.59. The number of rotatable bonds is 8. The fourth-order valence-electron chi connectivity index (χ4n) is 4.95. The number of halogens is 2. The molecular formula is C26H21ClFN9O3. The van der Waals surface area contributed by atoms with Crippen molar-refractivity contribution in [2.75, 3.05) is 0 Å². The van der Waals surface area contributed by atoms with Gasteiger partial charge in [0, 0.05) is 35.9 Å². The number of nitrogens with zero attached hydrogens (tertiary/aromatic N) is 8. The van der Waals surface area contributed by atoms with Gasteiger partial charge >= 0.3 is 0 Å². The summed E-state index contributed by atoms with van der Waals surface area (Å²) in [5.74, 6) is -1.38. The van der Waals surface area contributed by atoms with E-state index in [0.717, 1.165) is 11.1 Å². The van der Waals surface area contributed by atoms with Crippen molar-refractivity contribution >= 4 is 17.5 Å². The quantitative estimate of drug-likeness (QED) is 0.225. The molecule has 0 saturated heterocycles. The molecule has 1 aliphatic carbocycles. The molecule has 4 heterocycles. The molecule has 5 aromatic rings. The van der Waals surface area contributed by atoms with Gasteiger partial charge in [-0.2, -0.15) is 19.2 Å². The van der Waals surface area contributed by atoms with Crippen molar-refractivity contribution in [2.24, 2.45) is 17.6 Å². The third-order valence-corrected chi connectivity index (χ3v) is 7.41. The minimum absolute atomic E-state index is 0.0113. The predicted molar refractivity (Wildman–Crippen MR) is 139 cm³/mol. The number of amides is 1. The SMILES string of the molecule is NC(=O)[C@H]1C[C@H]1CC(c1ccc(-c2c(-n3cnnn3)ccc(Cl)c2F)c[n+]1[O-])n1cc(-c2cc[n+]([O-])cc2)cn1. The molecule has 40 heavy (non-hydrogen) atoms. The standard InChI is InChI=1S/C26H21ClFN9O3/c27-20-2-4-22(36-14-30-32-33-36)24(25(20)28)16-1-3-21(37(40)13-16)23(10-17-9-19(17)26(29)38)35-12-18(11-31-35)15-5-7-34(39)8-6-15/h1-8,11-14,17,19,23H,9-10H2,(H2,29,38)/t17-,19-,23?/m0/s1. The molecule has 14 heteroatoms. The number of nitrogens with two attached hydrogens (primary N) is 1. The van der Waals surface area contributed by atoms with Crippen LogP contribution in [0.4, 0.5) is 4.39 Å². The molecule has 0 bridgehead atoms. The average molecular weight is 562 g/mol. The van der Waals surface area contributed by atoms with Gasteiger partial charge in [-0.05, 0) is 52.9 Å². The van der Waals surface area contributed by atoms with Crippen LogP contribution in [0, 0.1) is 28.1 Å². The van der Waals surface area contributed by atoms with Crippen LogP contribution in [0.25, 0.3) is 27.9 Å². The van der Waals surface area contributed by atoms with Gasteiger partial charge in [-0.25, -0.2) is 4.39 Å². The van der Waals surface area contributed by atoms with Crippen LogP contribution in [0.15, 0.2) is 73.7 Å². The van der Waals surface area contributed by atoms with Gasteiger partial charge in [-0.3, -0.25) is 9.48 Å². The predicted octanol–water partition coefficient (Wildman–Crippen LogP) is 2.35. The van der Waals surface area contributed by atoms with Crippen LogP contribution in [0.3, 0.4) is 0 Å². The maximum atomic E-state index is 15.3. The van der Waals surface area contributed by atoms with Gasteiger partial charge in [0.05, 0.1) is 28.0 Å². The van der Waals surface area contributed by atoms with Gasteiger partial charge in [0.25, 0.3) is 0 Å². The van der Waals surface area contributed by atoms with Gasteiger partial charge in [0.1, 0.15) is 12.4 Å². The van der Waals surface area contributed by atoms with Crippen LogP contribution in [0.5, 0.6) is 0 Å². The molecule has 4 aromatic heterocycles. The van der Waals surface area contributed by atoms with Crippen LogP contribution < -0.4 is 15.2 Å². The molecule has 2 N–H and O–H groups in total. The number of carbonyl (C=O) groups is 1. The lowest BCUT2D eigenvalue weighted by Gasteiger charge is -2.18. The third-order valence-electron chi connectivity index (χ3n) is 7.11. The molecule has 0 spiro atoms. The second kappa shape index (κ2) is 10.0. The summed E-state index contributed by atoms with van der Waals surface area (Å²) in [5.41, 5.74) is 7.99. The normalized spacial score (nSPS) is 17.1. The Kier molecular flexibility index (Phi) is 6.34. The number of aromatic nitrogens is 8. The lowest BCUT2D eigenvalue weighted by molar-refractivity contribution is -0.615. The molecule has 0 radical (unpaired) electrons. The van der Waals surface area contributed by atoms with Crippen LogP contribution in [0.1, 0.15) is 24.6 Å². The van der Waals surface area contributed by atoms with Gasteiger partial charge in [-0.15, -0.1) is 5.10 Å². The van der Waals surface area contributed by atoms with Crippen molar-refractivity contribution in [3.05, 3.63) is 101 Å². The largest absolute Gasteiger partial charge is 0.619 e. The van der Waals surface area contributed by atoms with E-state index in [2.05, 4.69) is 20.6 Å². The summed E-state index contributed by atoms with van der Waals surface area (Å²) in [6, 6.07) is 8.94. The highest BCUT2D eigenvalue weighted by Crippen LogP contribution is 2.45. The Morgan fingerprint density at radius 1 is 1.15 bits per heavy atom. The minimum atomic E-state index is -0.722. The van der Waals surface area contributed by atoms with Crippen molar-refractivity contribution in [3.8, 4) is 27.9 Å². The smallest absolute Gasteiger partial charge is 0.220 e. The zero-order chi connectivity index (χ0) is 28.0. The van der Waals surface area contributed by atoms with Crippen molar-refractivity contribution in [1.82, 2.24) is 30.0 Å². The van der Waals surface area contributed by atoms with E-state index in [-0.39, 0.29) is 33.9 Å². The number of benzene rings is 1. The summed E-state index contributed by atoms with van der Waals surface area (Å²) >= 11 is 6.07. The number of pyridine rings is 2. The average Bonchev–Trinajstić information content (AvgIpc) is 3.28. The molecular weight excluding hydrogens is 541 g/mol. The lowest BCUT2D eigenvalue weighted by atomic mass is 10.0.